The summed E-state index contributed by atoms with van der Waals surface area (Å²) in [6.45, 7) is -0.459. The van der Waals surface area contributed by atoms with Crippen LogP contribution in [0.3, 0.4) is 0 Å². The summed E-state index contributed by atoms with van der Waals surface area (Å²) in [7, 11) is 0. The average molecular weight is 108 g/mol. The molecule has 0 saturated heterocycles. The number of hydrogen-bond donors (Lipinski definition) is 2. The van der Waals surface area contributed by atoms with Crippen LogP contribution in [0.4, 0.5) is 0 Å². The zero-order valence-electron chi connectivity index (χ0n) is 3.57. The molecule has 0 atom stereocenters. The van der Waals surface area contributed by atoms with Crippen LogP contribution in [0.25, 0.3) is 0 Å². The molecule has 0 unspecified atom stereocenters. The summed E-state index contributed by atoms with van der Waals surface area (Å²) in [5.41, 5.74) is 0. The number of rotatable bonds is 3. The molecule has 0 heterocycles. The lowest BCUT2D eigenvalue weighted by Gasteiger charge is -1.79. The third kappa shape index (κ3) is 5.16. The molecule has 2 N–H and O–H groups in total. The highest BCUT2D eigenvalue weighted by Gasteiger charge is 1.99. The van der Waals surface area contributed by atoms with Crippen molar-refractivity contribution in [2.75, 3.05) is 13.2 Å². The van der Waals surface area contributed by atoms with Gasteiger partial charge < -0.3 is 5.11 Å². The fraction of sp³-hybridized carbons (Fsp3) is 1.00. The zero-order chi connectivity index (χ0) is 5.70. The number of aliphatic hydroxyl groups excluding tert-OH is 1. The zero-order valence-corrected chi connectivity index (χ0v) is 3.57. The van der Waals surface area contributed by atoms with Crippen LogP contribution in [0.2, 0.25) is 0 Å². The SMILES string of the molecule is O=[N+](O)OCCO. The first kappa shape index (κ1) is 6.16. The number of nitrogens with zero attached hydrogens (tertiary/aromatic N) is 1. The minimum absolute atomic E-state index is 0.181. The summed E-state index contributed by atoms with van der Waals surface area (Å²) in [6, 6.07) is 0. The third-order valence-corrected chi connectivity index (χ3v) is 0.293. The second-order valence-electron chi connectivity index (χ2n) is 0.795. The Kier molecular flexibility index (Phi) is 2.95. The van der Waals surface area contributed by atoms with Gasteiger partial charge in [-0.2, -0.15) is 4.84 Å². The van der Waals surface area contributed by atoms with Gasteiger partial charge in [-0.1, -0.05) is 0 Å². The Balaban J connectivity index is 2.82. The van der Waals surface area contributed by atoms with Crippen LogP contribution in [0.1, 0.15) is 0 Å². The normalized spacial score (nSPS) is 8.14. The van der Waals surface area contributed by atoms with Gasteiger partial charge in [0.25, 0.3) is 0 Å². The topological polar surface area (TPSA) is 69.8 Å². The second-order valence-corrected chi connectivity index (χ2v) is 0.795. The molecule has 0 aromatic carbocycles. The Bertz CT molecular complexity index is 62.7. The van der Waals surface area contributed by atoms with Gasteiger partial charge >= 0.3 is 5.09 Å². The first-order valence-corrected chi connectivity index (χ1v) is 1.67. The molecule has 0 aliphatic carbocycles. The largest absolute Gasteiger partial charge is 0.475 e. The first-order valence-electron chi connectivity index (χ1n) is 1.67. The Hall–Kier alpha value is -0.840. The molecule has 0 aliphatic heterocycles. The van der Waals surface area contributed by atoms with Crippen LogP contribution in [-0.2, 0) is 4.84 Å². The van der Waals surface area contributed by atoms with Crippen molar-refractivity contribution in [3.63, 3.8) is 0 Å². The predicted molar refractivity (Wildman–Crippen MR) is 18.5 cm³/mol. The van der Waals surface area contributed by atoms with Gasteiger partial charge in [-0.15, -0.1) is 0 Å². The van der Waals surface area contributed by atoms with Crippen molar-refractivity contribution in [1.82, 2.24) is 0 Å². The molecule has 0 bridgehead atoms. The van der Waals surface area contributed by atoms with Crippen LogP contribution in [0, 0.1) is 4.91 Å². The van der Waals surface area contributed by atoms with E-state index in [9.17, 15) is 4.91 Å². The Labute approximate surface area is 39.6 Å². The van der Waals surface area contributed by atoms with E-state index >= 15 is 0 Å². The van der Waals surface area contributed by atoms with Crippen molar-refractivity contribution in [1.29, 1.82) is 0 Å². The lowest BCUT2D eigenvalue weighted by Crippen LogP contribution is -2.06. The number of aliphatic hydroxyl groups is 1. The monoisotopic (exact) mass is 108 g/mol. The lowest BCUT2D eigenvalue weighted by molar-refractivity contribution is -0.975. The van der Waals surface area contributed by atoms with Crippen LogP contribution >= 0.6 is 0 Å². The third-order valence-electron chi connectivity index (χ3n) is 0.293. The van der Waals surface area contributed by atoms with Gasteiger partial charge in [0, 0.05) is 0 Å². The molecule has 42 valence electrons. The lowest BCUT2D eigenvalue weighted by atomic mass is 10.8. The van der Waals surface area contributed by atoms with E-state index in [4.69, 9.17) is 10.3 Å². The number of hydrogen-bond acceptors (Lipinski definition) is 3. The highest BCUT2D eigenvalue weighted by molar-refractivity contribution is 4.10. The highest BCUT2D eigenvalue weighted by atomic mass is 16.9. The van der Waals surface area contributed by atoms with Crippen molar-refractivity contribution in [2.24, 2.45) is 0 Å². The van der Waals surface area contributed by atoms with Crippen molar-refractivity contribution in [3.05, 3.63) is 4.91 Å². The molecule has 0 aliphatic rings. The minimum Gasteiger partial charge on any atom is -0.393 e. The van der Waals surface area contributed by atoms with E-state index in [1.807, 2.05) is 0 Å². The quantitative estimate of drug-likeness (QED) is 0.458. The van der Waals surface area contributed by atoms with E-state index in [1.165, 1.54) is 0 Å². The fourth-order valence-electron chi connectivity index (χ4n) is 0.119. The molecule has 0 aromatic heterocycles. The van der Waals surface area contributed by atoms with E-state index in [0.29, 0.717) is 0 Å². The minimum atomic E-state index is -0.698. The van der Waals surface area contributed by atoms with Gasteiger partial charge in [-0.3, -0.25) is 0 Å². The Morgan fingerprint density at radius 2 is 2.29 bits per heavy atom. The molecule has 0 fully saturated rings. The Morgan fingerprint density at radius 1 is 1.71 bits per heavy atom. The summed E-state index contributed by atoms with van der Waals surface area (Å²) >= 11 is 0. The van der Waals surface area contributed by atoms with Gasteiger partial charge in [0.05, 0.1) is 6.61 Å². The van der Waals surface area contributed by atoms with Crippen LogP contribution in [0.15, 0.2) is 0 Å². The van der Waals surface area contributed by atoms with Crippen LogP contribution in [-0.4, -0.2) is 28.6 Å². The molecule has 0 amide bonds. The maximum absolute atomic E-state index is 9.34. The predicted octanol–water partition coefficient (Wildman–Crippen LogP) is -0.922. The van der Waals surface area contributed by atoms with Crippen molar-refractivity contribution in [3.8, 4) is 0 Å². The van der Waals surface area contributed by atoms with E-state index < -0.39 is 5.09 Å². The summed E-state index contributed by atoms with van der Waals surface area (Å²) in [6.07, 6.45) is 0. The summed E-state index contributed by atoms with van der Waals surface area (Å²) in [5.74, 6) is 0. The van der Waals surface area contributed by atoms with Crippen LogP contribution in [0.5, 0.6) is 0 Å². The highest BCUT2D eigenvalue weighted by Crippen LogP contribution is 1.67. The van der Waals surface area contributed by atoms with Crippen molar-refractivity contribution in [2.45, 2.75) is 0 Å². The standard InChI is InChI=1S/C2H6NO4/c4-1-2-7-3(5)6/h4H,1-2H2,(H,5,6)/q+1. The Morgan fingerprint density at radius 3 is 2.43 bits per heavy atom. The summed E-state index contributed by atoms with van der Waals surface area (Å²) in [5, 5.41) is 14.8. The summed E-state index contributed by atoms with van der Waals surface area (Å²) in [4.78, 5) is 13.1. The molecule has 0 spiro atoms. The maximum Gasteiger partial charge on any atom is 0.475 e. The molecular weight excluding hydrogens is 102 g/mol. The van der Waals surface area contributed by atoms with Crippen molar-refractivity contribution < 1.29 is 20.2 Å². The van der Waals surface area contributed by atoms with Gasteiger partial charge in [0.2, 0.25) is 0 Å². The second kappa shape index (κ2) is 3.35. The molecule has 0 aromatic rings. The van der Waals surface area contributed by atoms with Crippen LogP contribution < -0.4 is 0 Å². The molecule has 0 saturated carbocycles. The molecule has 5 nitrogen and oxygen atoms in total. The summed E-state index contributed by atoms with van der Waals surface area (Å²) < 4.78 is 0. The molecule has 0 radical (unpaired) electrons. The molecule has 5 heteroatoms. The van der Waals surface area contributed by atoms with Crippen molar-refractivity contribution >= 4 is 0 Å². The van der Waals surface area contributed by atoms with E-state index in [1.54, 1.807) is 0 Å². The molecule has 7 heavy (non-hydrogen) atoms. The fourth-order valence-corrected chi connectivity index (χ4v) is 0.119. The van der Waals surface area contributed by atoms with Gasteiger partial charge in [0.1, 0.15) is 4.91 Å². The maximum atomic E-state index is 9.34. The first-order chi connectivity index (χ1) is 3.27. The van der Waals surface area contributed by atoms with E-state index in [-0.39, 0.29) is 13.2 Å². The van der Waals surface area contributed by atoms with Gasteiger partial charge in [0.15, 0.2) is 6.61 Å². The smallest absolute Gasteiger partial charge is 0.393 e. The van der Waals surface area contributed by atoms with Gasteiger partial charge in [-0.05, 0) is 0 Å². The molecular formula is C2H6NO4+. The van der Waals surface area contributed by atoms with E-state index in [2.05, 4.69) is 4.84 Å². The van der Waals surface area contributed by atoms with Gasteiger partial charge in [-0.25, -0.2) is 5.21 Å². The average Bonchev–Trinajstić information content (AvgIpc) is 1.61. The van der Waals surface area contributed by atoms with E-state index in [0.717, 1.165) is 0 Å². The molecule has 0 rings (SSSR count).